The van der Waals surface area contributed by atoms with Crippen LogP contribution < -0.4 is 9.47 Å². The van der Waals surface area contributed by atoms with Gasteiger partial charge < -0.3 is 24.6 Å². The van der Waals surface area contributed by atoms with Gasteiger partial charge in [-0.05, 0) is 43.8 Å². The highest BCUT2D eigenvalue weighted by atomic mass is 16.5. The second-order valence-corrected chi connectivity index (χ2v) is 10.1. The summed E-state index contributed by atoms with van der Waals surface area (Å²) in [6.07, 6.45) is 1.39. The number of para-hydroxylation sites is 1. The van der Waals surface area contributed by atoms with E-state index in [0.717, 1.165) is 16.7 Å². The summed E-state index contributed by atoms with van der Waals surface area (Å²) >= 11 is 0. The number of pyridine rings is 1. The molecule has 1 aliphatic rings. The van der Waals surface area contributed by atoms with Gasteiger partial charge in [0.05, 0.1) is 25.3 Å². The summed E-state index contributed by atoms with van der Waals surface area (Å²) in [6, 6.07) is 15.7. The summed E-state index contributed by atoms with van der Waals surface area (Å²) < 4.78 is 11.9. The lowest BCUT2D eigenvalue weighted by atomic mass is 9.98. The monoisotopic (exact) mass is 533 g/mol. The molecule has 1 aliphatic heterocycles. The number of rotatable bonds is 9. The van der Waals surface area contributed by atoms with Crippen LogP contribution in [0.4, 0.5) is 0 Å². The molecule has 9 nitrogen and oxygen atoms in total. The van der Waals surface area contributed by atoms with Crippen molar-refractivity contribution < 1.29 is 29.3 Å². The zero-order valence-corrected chi connectivity index (χ0v) is 22.7. The van der Waals surface area contributed by atoms with E-state index in [0.29, 0.717) is 30.9 Å². The number of aliphatic hydroxyl groups excluding tert-OH is 1. The summed E-state index contributed by atoms with van der Waals surface area (Å²) in [5.41, 5.74) is 3.10. The standard InChI is InChI=1S/C30H35N3O6/c1-19-15-33(20(2)18-34)29(35)25-13-23(24-7-5-6-8-26(24)38-4)14-31-28(25)39-27(19)17-32(3)16-21-9-11-22(12-10-21)30(36)37/h5-14,19-20,27,34H,15-18H2,1-4H3,(H,36,37)/t19-,20+,27-/m0/s1. The number of hydrogen-bond donors (Lipinski definition) is 2. The number of aromatic carboxylic acids is 1. The maximum Gasteiger partial charge on any atom is 0.335 e. The molecule has 4 rings (SSSR count). The number of nitrogens with zero attached hydrogens (tertiary/aromatic N) is 3. The first-order valence-electron chi connectivity index (χ1n) is 12.9. The molecular weight excluding hydrogens is 498 g/mol. The molecule has 0 spiro atoms. The quantitative estimate of drug-likeness (QED) is 0.427. The highest BCUT2D eigenvalue weighted by Gasteiger charge is 2.34. The summed E-state index contributed by atoms with van der Waals surface area (Å²) in [7, 11) is 3.57. The van der Waals surface area contributed by atoms with Crippen molar-refractivity contribution >= 4 is 11.9 Å². The average molecular weight is 534 g/mol. The van der Waals surface area contributed by atoms with Gasteiger partial charge in [0.25, 0.3) is 5.91 Å². The van der Waals surface area contributed by atoms with E-state index in [-0.39, 0.29) is 42.0 Å². The van der Waals surface area contributed by atoms with E-state index in [1.54, 1.807) is 36.4 Å². The van der Waals surface area contributed by atoms with E-state index < -0.39 is 5.97 Å². The minimum absolute atomic E-state index is 0.0522. The minimum Gasteiger partial charge on any atom is -0.496 e. The number of ether oxygens (including phenoxy) is 2. The molecule has 2 heterocycles. The highest BCUT2D eigenvalue weighted by molar-refractivity contribution is 5.98. The van der Waals surface area contributed by atoms with Crippen LogP contribution in [0.2, 0.25) is 0 Å². The Balaban J connectivity index is 1.64. The highest BCUT2D eigenvalue weighted by Crippen LogP contribution is 2.34. The van der Waals surface area contributed by atoms with Crippen molar-refractivity contribution in [1.29, 1.82) is 0 Å². The van der Waals surface area contributed by atoms with E-state index in [2.05, 4.69) is 9.88 Å². The van der Waals surface area contributed by atoms with E-state index in [4.69, 9.17) is 14.6 Å². The van der Waals surface area contributed by atoms with Gasteiger partial charge in [0.15, 0.2) is 0 Å². The number of benzene rings is 2. The number of fused-ring (bicyclic) bond motifs is 1. The van der Waals surface area contributed by atoms with Gasteiger partial charge in [-0.3, -0.25) is 9.69 Å². The molecule has 9 heteroatoms. The van der Waals surface area contributed by atoms with Crippen LogP contribution in [0.3, 0.4) is 0 Å². The molecule has 2 N–H and O–H groups in total. The van der Waals surface area contributed by atoms with Crippen molar-refractivity contribution in [3.05, 3.63) is 77.5 Å². The lowest BCUT2D eigenvalue weighted by Crippen LogP contribution is -2.49. The second kappa shape index (κ2) is 12.3. The van der Waals surface area contributed by atoms with Gasteiger partial charge in [-0.15, -0.1) is 0 Å². The van der Waals surface area contributed by atoms with Gasteiger partial charge in [-0.2, -0.15) is 0 Å². The molecule has 2 aromatic carbocycles. The van der Waals surface area contributed by atoms with Gasteiger partial charge in [0, 0.05) is 42.9 Å². The Bertz CT molecular complexity index is 1310. The molecule has 0 bridgehead atoms. The van der Waals surface area contributed by atoms with Crippen LogP contribution in [0.5, 0.6) is 11.6 Å². The van der Waals surface area contributed by atoms with Gasteiger partial charge in [-0.25, -0.2) is 9.78 Å². The number of aromatic nitrogens is 1. The number of carboxylic acids is 1. The van der Waals surface area contributed by atoms with E-state index in [1.807, 2.05) is 57.3 Å². The molecule has 1 amide bonds. The van der Waals surface area contributed by atoms with Crippen molar-refractivity contribution in [3.63, 3.8) is 0 Å². The van der Waals surface area contributed by atoms with Gasteiger partial charge >= 0.3 is 5.97 Å². The van der Waals surface area contributed by atoms with Crippen LogP contribution in [0.25, 0.3) is 11.1 Å². The first-order chi connectivity index (χ1) is 18.7. The molecule has 0 aliphatic carbocycles. The molecule has 0 unspecified atom stereocenters. The predicted octanol–water partition coefficient (Wildman–Crippen LogP) is 3.81. The molecule has 0 fully saturated rings. The number of carbonyl (C=O) groups excluding carboxylic acids is 1. The fraction of sp³-hybridized carbons (Fsp3) is 0.367. The van der Waals surface area contributed by atoms with Gasteiger partial charge in [0.1, 0.15) is 17.4 Å². The maximum absolute atomic E-state index is 13.7. The molecule has 1 aromatic heterocycles. The summed E-state index contributed by atoms with van der Waals surface area (Å²) in [5, 5.41) is 19.1. The maximum atomic E-state index is 13.7. The predicted molar refractivity (Wildman–Crippen MR) is 147 cm³/mol. The van der Waals surface area contributed by atoms with Crippen molar-refractivity contribution in [3.8, 4) is 22.8 Å². The molecular formula is C30H35N3O6. The first-order valence-corrected chi connectivity index (χ1v) is 12.9. The number of aliphatic hydroxyl groups is 1. The SMILES string of the molecule is COc1ccccc1-c1cnc2c(c1)C(=O)N([C@H](C)CO)C[C@H](C)[C@H](CN(C)Cc1ccc(C(=O)O)cc1)O2. The normalized spacial score (nSPS) is 18.1. The third-order valence-electron chi connectivity index (χ3n) is 7.08. The Morgan fingerprint density at radius 2 is 1.92 bits per heavy atom. The molecule has 3 atom stereocenters. The topological polar surface area (TPSA) is 112 Å². The summed E-state index contributed by atoms with van der Waals surface area (Å²) in [5.74, 6) is -0.326. The zero-order valence-electron chi connectivity index (χ0n) is 22.7. The Labute approximate surface area is 228 Å². The molecule has 39 heavy (non-hydrogen) atoms. The van der Waals surface area contributed by atoms with Gasteiger partial charge in [0.2, 0.25) is 5.88 Å². The third kappa shape index (κ3) is 6.38. The largest absolute Gasteiger partial charge is 0.496 e. The molecule has 206 valence electrons. The number of amides is 1. The number of carbonyl (C=O) groups is 2. The smallest absolute Gasteiger partial charge is 0.335 e. The number of methoxy groups -OCH3 is 1. The number of likely N-dealkylation sites (N-methyl/N-ethyl adjacent to an activating group) is 1. The molecule has 3 aromatic rings. The Kier molecular flexibility index (Phi) is 8.83. The fourth-order valence-corrected chi connectivity index (χ4v) is 4.79. The number of hydrogen-bond acceptors (Lipinski definition) is 7. The first kappa shape index (κ1) is 28.1. The summed E-state index contributed by atoms with van der Waals surface area (Å²) in [4.78, 5) is 33.3. The van der Waals surface area contributed by atoms with E-state index in [1.165, 1.54) is 0 Å². The van der Waals surface area contributed by atoms with Crippen LogP contribution >= 0.6 is 0 Å². The summed E-state index contributed by atoms with van der Waals surface area (Å²) in [6.45, 7) is 5.24. The van der Waals surface area contributed by atoms with Gasteiger partial charge in [-0.1, -0.05) is 37.3 Å². The van der Waals surface area contributed by atoms with Crippen molar-refractivity contribution in [2.75, 3.05) is 33.9 Å². The lowest BCUT2D eigenvalue weighted by molar-refractivity contribution is 0.0325. The Morgan fingerprint density at radius 3 is 2.59 bits per heavy atom. The van der Waals surface area contributed by atoms with Crippen LogP contribution in [-0.2, 0) is 6.54 Å². The van der Waals surface area contributed by atoms with Crippen LogP contribution in [0, 0.1) is 5.92 Å². The minimum atomic E-state index is -0.956. The van der Waals surface area contributed by atoms with E-state index in [9.17, 15) is 14.7 Å². The van der Waals surface area contributed by atoms with Crippen LogP contribution in [0.15, 0.2) is 60.8 Å². The van der Waals surface area contributed by atoms with Crippen LogP contribution in [0.1, 0.15) is 40.1 Å². The lowest BCUT2D eigenvalue weighted by Gasteiger charge is -2.37. The van der Waals surface area contributed by atoms with Crippen molar-refractivity contribution in [2.45, 2.75) is 32.5 Å². The second-order valence-electron chi connectivity index (χ2n) is 10.1. The average Bonchev–Trinajstić information content (AvgIpc) is 2.94. The van der Waals surface area contributed by atoms with Crippen LogP contribution in [-0.4, -0.2) is 82.9 Å². The molecule has 0 saturated carbocycles. The number of carboxylic acid groups (broad SMARTS) is 1. The fourth-order valence-electron chi connectivity index (χ4n) is 4.79. The third-order valence-corrected chi connectivity index (χ3v) is 7.08. The molecule has 0 saturated heterocycles. The van der Waals surface area contributed by atoms with Crippen molar-refractivity contribution in [2.24, 2.45) is 5.92 Å². The zero-order chi connectivity index (χ0) is 28.1. The van der Waals surface area contributed by atoms with E-state index >= 15 is 0 Å². The Morgan fingerprint density at radius 1 is 1.21 bits per heavy atom. The van der Waals surface area contributed by atoms with Crippen molar-refractivity contribution in [1.82, 2.24) is 14.8 Å². The molecule has 0 radical (unpaired) electrons. The Hall–Kier alpha value is -3.95.